The van der Waals surface area contributed by atoms with Gasteiger partial charge in [0, 0.05) is 63.6 Å². The zero-order valence-corrected chi connectivity index (χ0v) is 18.9. The number of carbonyl (C=O) groups excluding carboxylic acids is 1. The lowest BCUT2D eigenvalue weighted by atomic mass is 10.2. The second kappa shape index (κ2) is 9.40. The third-order valence-corrected chi connectivity index (χ3v) is 7.38. The molecule has 0 atom stereocenters. The summed E-state index contributed by atoms with van der Waals surface area (Å²) in [7, 11) is 0. The van der Waals surface area contributed by atoms with Crippen LogP contribution in [0.25, 0.3) is 10.1 Å². The second-order valence-electron chi connectivity index (χ2n) is 8.23. The van der Waals surface area contributed by atoms with Crippen LogP contribution in [0.1, 0.15) is 9.67 Å². The van der Waals surface area contributed by atoms with Gasteiger partial charge in [0.25, 0.3) is 5.91 Å². The highest BCUT2D eigenvalue weighted by molar-refractivity contribution is 7.20. The third kappa shape index (κ3) is 4.41. The number of thiophene rings is 1. The van der Waals surface area contributed by atoms with E-state index in [2.05, 4.69) is 37.0 Å². The summed E-state index contributed by atoms with van der Waals surface area (Å²) in [5.41, 5.74) is 0. The lowest BCUT2D eigenvalue weighted by molar-refractivity contribution is 0.0751. The van der Waals surface area contributed by atoms with Gasteiger partial charge in [-0.15, -0.1) is 21.5 Å². The number of piperazine rings is 2. The first-order valence-corrected chi connectivity index (χ1v) is 12.0. The topological polar surface area (TPSA) is 76.0 Å². The molecule has 2 saturated heterocycles. The van der Waals surface area contributed by atoms with Gasteiger partial charge in [-0.2, -0.15) is 0 Å². The van der Waals surface area contributed by atoms with Crippen LogP contribution >= 0.6 is 11.3 Å². The molecule has 8 nitrogen and oxygen atoms in total. The predicted octanol–water partition coefficient (Wildman–Crippen LogP) is 1.77. The molecule has 168 valence electrons. The monoisotopic (exact) mass is 452 g/mol. The molecule has 0 spiro atoms. The van der Waals surface area contributed by atoms with Crippen LogP contribution in [0.5, 0.6) is 0 Å². The minimum absolute atomic E-state index is 0.118. The van der Waals surface area contributed by atoms with E-state index < -0.39 is 0 Å². The summed E-state index contributed by atoms with van der Waals surface area (Å²) in [6.07, 6.45) is 0. The van der Waals surface area contributed by atoms with E-state index in [-0.39, 0.29) is 12.5 Å². The lowest BCUT2D eigenvalue weighted by Gasteiger charge is -2.36. The molecule has 2 aliphatic heterocycles. The van der Waals surface area contributed by atoms with E-state index in [1.54, 1.807) is 11.3 Å². The van der Waals surface area contributed by atoms with Crippen molar-refractivity contribution >= 4 is 39.0 Å². The Morgan fingerprint density at radius 2 is 1.50 bits per heavy atom. The van der Waals surface area contributed by atoms with Crippen LogP contribution in [0.2, 0.25) is 0 Å². The Morgan fingerprint density at radius 3 is 2.09 bits per heavy atom. The van der Waals surface area contributed by atoms with E-state index >= 15 is 0 Å². The number of amides is 1. The number of aromatic nitrogens is 2. The van der Waals surface area contributed by atoms with Gasteiger partial charge in [-0.3, -0.25) is 9.69 Å². The first-order valence-electron chi connectivity index (χ1n) is 11.2. The Hall–Kier alpha value is -2.75. The first-order chi connectivity index (χ1) is 15.7. The summed E-state index contributed by atoms with van der Waals surface area (Å²) in [4.78, 5) is 22.4. The predicted molar refractivity (Wildman–Crippen MR) is 128 cm³/mol. The quantitative estimate of drug-likeness (QED) is 0.632. The van der Waals surface area contributed by atoms with Crippen molar-refractivity contribution in [3.05, 3.63) is 47.3 Å². The smallest absolute Gasteiger partial charge is 0.264 e. The number of aliphatic hydroxyl groups is 1. The summed E-state index contributed by atoms with van der Waals surface area (Å²) < 4.78 is 1.15. The molecule has 4 heterocycles. The van der Waals surface area contributed by atoms with E-state index in [1.165, 1.54) is 0 Å². The highest BCUT2D eigenvalue weighted by Gasteiger charge is 2.25. The largest absolute Gasteiger partial charge is 0.395 e. The first kappa shape index (κ1) is 21.1. The minimum atomic E-state index is 0.118. The number of hydrogen-bond donors (Lipinski definition) is 1. The summed E-state index contributed by atoms with van der Waals surface area (Å²) in [6, 6.07) is 14.2. The van der Waals surface area contributed by atoms with E-state index in [4.69, 9.17) is 5.11 Å². The average molecular weight is 453 g/mol. The van der Waals surface area contributed by atoms with Gasteiger partial charge < -0.3 is 19.8 Å². The molecule has 0 aliphatic carbocycles. The molecule has 2 aliphatic rings. The molecule has 0 radical (unpaired) electrons. The summed E-state index contributed by atoms with van der Waals surface area (Å²) in [6.45, 7) is 7.47. The third-order valence-electron chi connectivity index (χ3n) is 6.28. The van der Waals surface area contributed by atoms with E-state index in [1.807, 2.05) is 35.2 Å². The number of anilines is 2. The van der Waals surface area contributed by atoms with Gasteiger partial charge in [0.15, 0.2) is 11.6 Å². The molecule has 5 rings (SSSR count). The fourth-order valence-corrected chi connectivity index (χ4v) is 5.41. The number of carbonyl (C=O) groups is 1. The lowest BCUT2D eigenvalue weighted by Crippen LogP contribution is -2.49. The molecule has 32 heavy (non-hydrogen) atoms. The van der Waals surface area contributed by atoms with Crippen LogP contribution in [0.15, 0.2) is 42.5 Å². The number of β-amino-alcohol motifs (C(OH)–C–C–N with tert-alkyl or cyclic N) is 1. The maximum atomic E-state index is 13.0. The summed E-state index contributed by atoms with van der Waals surface area (Å²) in [5, 5.41) is 19.1. The van der Waals surface area contributed by atoms with E-state index in [0.29, 0.717) is 13.1 Å². The number of aliphatic hydroxyl groups excluding tert-OH is 1. The van der Waals surface area contributed by atoms with E-state index in [9.17, 15) is 4.79 Å². The Labute approximate surface area is 191 Å². The standard InChI is InChI=1S/C23H28N6O2S/c30-16-15-26-7-9-27(10-8-26)21-5-6-22(25-24-21)28-11-13-29(14-12-28)23(31)20-17-18-3-1-2-4-19(18)32-20/h1-6,17,30H,7-16H2. The van der Waals surface area contributed by atoms with Crippen LogP contribution in [0, 0.1) is 0 Å². The number of rotatable bonds is 5. The van der Waals surface area contributed by atoms with Crippen molar-refractivity contribution < 1.29 is 9.90 Å². The Bertz CT molecular complexity index is 1020. The zero-order valence-electron chi connectivity index (χ0n) is 18.1. The summed E-state index contributed by atoms with van der Waals surface area (Å²) in [5.74, 6) is 1.88. The van der Waals surface area contributed by atoms with Crippen molar-refractivity contribution in [3.8, 4) is 0 Å². The van der Waals surface area contributed by atoms with E-state index in [0.717, 1.165) is 72.4 Å². The number of hydrogen-bond acceptors (Lipinski definition) is 8. The van der Waals surface area contributed by atoms with Gasteiger partial charge in [-0.05, 0) is 29.7 Å². The molecule has 2 aromatic heterocycles. The molecule has 1 aromatic carbocycles. The molecular weight excluding hydrogens is 424 g/mol. The van der Waals surface area contributed by atoms with Crippen molar-refractivity contribution in [2.75, 3.05) is 75.3 Å². The fraction of sp³-hybridized carbons (Fsp3) is 0.435. The normalized spacial score (nSPS) is 17.8. The Balaban J connectivity index is 1.16. The van der Waals surface area contributed by atoms with Gasteiger partial charge >= 0.3 is 0 Å². The Morgan fingerprint density at radius 1 is 0.875 bits per heavy atom. The van der Waals surface area contributed by atoms with Gasteiger partial charge in [0.2, 0.25) is 0 Å². The molecule has 3 aromatic rings. The average Bonchev–Trinajstić information content (AvgIpc) is 3.29. The SMILES string of the molecule is O=C(c1cc2ccccc2s1)N1CCN(c2ccc(N3CCN(CCO)CC3)nn2)CC1. The van der Waals surface area contributed by atoms with Crippen molar-refractivity contribution in [3.63, 3.8) is 0 Å². The highest BCUT2D eigenvalue weighted by atomic mass is 32.1. The molecule has 1 amide bonds. The number of nitrogens with zero attached hydrogens (tertiary/aromatic N) is 6. The fourth-order valence-electron chi connectivity index (χ4n) is 4.38. The van der Waals surface area contributed by atoms with Crippen molar-refractivity contribution in [1.29, 1.82) is 0 Å². The van der Waals surface area contributed by atoms with Gasteiger partial charge in [0.05, 0.1) is 11.5 Å². The van der Waals surface area contributed by atoms with Gasteiger partial charge in [-0.1, -0.05) is 18.2 Å². The molecule has 2 fully saturated rings. The highest BCUT2D eigenvalue weighted by Crippen LogP contribution is 2.27. The maximum Gasteiger partial charge on any atom is 0.264 e. The zero-order chi connectivity index (χ0) is 21.9. The maximum absolute atomic E-state index is 13.0. The Kier molecular flexibility index (Phi) is 6.20. The molecular formula is C23H28N6O2S. The van der Waals surface area contributed by atoms with Crippen molar-refractivity contribution in [2.24, 2.45) is 0 Å². The second-order valence-corrected chi connectivity index (χ2v) is 9.31. The van der Waals surface area contributed by atoms with Gasteiger partial charge in [0.1, 0.15) is 0 Å². The van der Waals surface area contributed by atoms with Crippen molar-refractivity contribution in [1.82, 2.24) is 20.0 Å². The molecule has 0 unspecified atom stereocenters. The number of fused-ring (bicyclic) bond motifs is 1. The van der Waals surface area contributed by atoms with Crippen LogP contribution in [-0.2, 0) is 0 Å². The van der Waals surface area contributed by atoms with Crippen molar-refractivity contribution in [2.45, 2.75) is 0 Å². The number of benzene rings is 1. The van der Waals surface area contributed by atoms with Crippen LogP contribution in [0.4, 0.5) is 11.6 Å². The minimum Gasteiger partial charge on any atom is -0.395 e. The van der Waals surface area contributed by atoms with Crippen LogP contribution < -0.4 is 9.80 Å². The van der Waals surface area contributed by atoms with Crippen LogP contribution in [-0.4, -0.2) is 96.5 Å². The molecule has 0 bridgehead atoms. The summed E-state index contributed by atoms with van der Waals surface area (Å²) >= 11 is 1.57. The molecule has 1 N–H and O–H groups in total. The molecule has 0 saturated carbocycles. The van der Waals surface area contributed by atoms with Gasteiger partial charge in [-0.25, -0.2) is 0 Å². The molecule has 9 heteroatoms. The van der Waals surface area contributed by atoms with Crippen LogP contribution in [0.3, 0.4) is 0 Å².